The average Bonchev–Trinajstić information content (AvgIpc) is 2.80. The van der Waals surface area contributed by atoms with E-state index in [0.29, 0.717) is 12.3 Å². The predicted molar refractivity (Wildman–Crippen MR) is 119 cm³/mol. The van der Waals surface area contributed by atoms with Gasteiger partial charge in [0.05, 0.1) is 6.54 Å². The minimum Gasteiger partial charge on any atom is -0.482 e. The summed E-state index contributed by atoms with van der Waals surface area (Å²) in [6.45, 7) is 0.0923. The Bertz CT molecular complexity index is 1020. The monoisotopic (exact) mass is 417 g/mol. The first-order valence-electron chi connectivity index (χ1n) is 9.76. The first kappa shape index (κ1) is 21.6. The van der Waals surface area contributed by atoms with Gasteiger partial charge in [0.1, 0.15) is 12.4 Å². The number of hydrogen-bond acceptors (Lipinski definition) is 4. The van der Waals surface area contributed by atoms with Gasteiger partial charge in [0.2, 0.25) is 0 Å². The Morgan fingerprint density at radius 3 is 2.32 bits per heavy atom. The highest BCUT2D eigenvalue weighted by atomic mass is 16.6. The highest BCUT2D eigenvalue weighted by molar-refractivity contribution is 5.87. The van der Waals surface area contributed by atoms with Crippen LogP contribution in [0, 0.1) is 0 Å². The molecule has 158 valence electrons. The molecule has 0 fully saturated rings. The maximum atomic E-state index is 12.8. The summed E-state index contributed by atoms with van der Waals surface area (Å²) < 4.78 is 10.6. The molecule has 3 rings (SSSR count). The van der Waals surface area contributed by atoms with Crippen LogP contribution in [0.2, 0.25) is 0 Å². The molecule has 0 heterocycles. The Morgan fingerprint density at radius 2 is 1.61 bits per heavy atom. The van der Waals surface area contributed by atoms with Gasteiger partial charge in [-0.2, -0.15) is 0 Å². The van der Waals surface area contributed by atoms with Gasteiger partial charge in [0, 0.05) is 5.69 Å². The number of amides is 1. The molecule has 31 heavy (non-hydrogen) atoms. The van der Waals surface area contributed by atoms with E-state index >= 15 is 0 Å². The molecule has 0 unspecified atom stereocenters. The van der Waals surface area contributed by atoms with E-state index < -0.39 is 18.7 Å². The smallest absolute Gasteiger partial charge is 0.414 e. The minimum atomic E-state index is -1.04. The molecule has 0 saturated carbocycles. The summed E-state index contributed by atoms with van der Waals surface area (Å²) in [5.41, 5.74) is 2.56. The Kier molecular flexibility index (Phi) is 7.83. The molecule has 0 aliphatic rings. The van der Waals surface area contributed by atoms with Crippen LogP contribution in [0.1, 0.15) is 11.1 Å². The standard InChI is InChI=1S/C25H23NO5/c27-24(28)19-31-23-15-7-11-20(17-23)12-8-16-30-25(29)26(22-13-5-2-6-14-22)18-21-9-3-1-4-10-21/h1-15,17H,16,18-19H2,(H,27,28)/b12-8+. The zero-order chi connectivity index (χ0) is 21.9. The predicted octanol–water partition coefficient (Wildman–Crippen LogP) is 5.01. The topological polar surface area (TPSA) is 76.1 Å². The molecule has 0 saturated heterocycles. The fourth-order valence-electron chi connectivity index (χ4n) is 2.87. The average molecular weight is 417 g/mol. The number of ether oxygens (including phenoxy) is 2. The van der Waals surface area contributed by atoms with Crippen LogP contribution >= 0.6 is 0 Å². The fraction of sp³-hybridized carbons (Fsp3) is 0.120. The van der Waals surface area contributed by atoms with E-state index in [1.54, 1.807) is 35.3 Å². The van der Waals surface area contributed by atoms with E-state index in [1.165, 1.54) is 0 Å². The number of carboxylic acid groups (broad SMARTS) is 1. The summed E-state index contributed by atoms with van der Waals surface area (Å²) in [4.78, 5) is 25.0. The van der Waals surface area contributed by atoms with Crippen LogP contribution in [0.15, 0.2) is 91.0 Å². The number of para-hydroxylation sites is 1. The summed E-state index contributed by atoms with van der Waals surface area (Å²) in [5, 5.41) is 8.70. The molecule has 1 N–H and O–H groups in total. The number of carbonyl (C=O) groups excluding carboxylic acids is 1. The third-order valence-corrected chi connectivity index (χ3v) is 4.31. The lowest BCUT2D eigenvalue weighted by molar-refractivity contribution is -0.139. The highest BCUT2D eigenvalue weighted by Crippen LogP contribution is 2.18. The second-order valence-electron chi connectivity index (χ2n) is 6.64. The van der Waals surface area contributed by atoms with Gasteiger partial charge in [-0.1, -0.05) is 66.7 Å². The van der Waals surface area contributed by atoms with E-state index in [4.69, 9.17) is 14.6 Å². The number of carbonyl (C=O) groups is 2. The van der Waals surface area contributed by atoms with Crippen molar-refractivity contribution in [2.45, 2.75) is 6.54 Å². The molecule has 0 aliphatic heterocycles. The Labute approximate surface area is 181 Å². The number of anilines is 1. The summed E-state index contributed by atoms with van der Waals surface area (Å²) in [5.74, 6) is -0.578. The van der Waals surface area contributed by atoms with Gasteiger partial charge in [0.25, 0.3) is 0 Å². The van der Waals surface area contributed by atoms with Crippen molar-refractivity contribution in [2.75, 3.05) is 18.1 Å². The van der Waals surface area contributed by atoms with Gasteiger partial charge in [-0.25, -0.2) is 9.59 Å². The molecule has 0 aliphatic carbocycles. The second-order valence-corrected chi connectivity index (χ2v) is 6.64. The summed E-state index contributed by atoms with van der Waals surface area (Å²) in [7, 11) is 0. The molecule has 3 aromatic rings. The number of carboxylic acids is 1. The zero-order valence-corrected chi connectivity index (χ0v) is 16.9. The van der Waals surface area contributed by atoms with Crippen LogP contribution in [0.4, 0.5) is 10.5 Å². The zero-order valence-electron chi connectivity index (χ0n) is 16.9. The first-order chi connectivity index (χ1) is 15.1. The maximum Gasteiger partial charge on any atom is 0.414 e. The molecule has 0 spiro atoms. The van der Waals surface area contributed by atoms with Crippen LogP contribution in [0.5, 0.6) is 5.75 Å². The van der Waals surface area contributed by atoms with E-state index in [1.807, 2.05) is 66.7 Å². The normalized spacial score (nSPS) is 10.6. The van der Waals surface area contributed by atoms with Crippen molar-refractivity contribution in [1.29, 1.82) is 0 Å². The van der Waals surface area contributed by atoms with Crippen LogP contribution in [0.3, 0.4) is 0 Å². The molecule has 0 radical (unpaired) electrons. The number of nitrogens with zero attached hydrogens (tertiary/aromatic N) is 1. The van der Waals surface area contributed by atoms with Crippen molar-refractivity contribution in [3.05, 3.63) is 102 Å². The van der Waals surface area contributed by atoms with Crippen molar-refractivity contribution < 1.29 is 24.2 Å². The van der Waals surface area contributed by atoms with Crippen molar-refractivity contribution in [2.24, 2.45) is 0 Å². The maximum absolute atomic E-state index is 12.8. The number of benzene rings is 3. The van der Waals surface area contributed by atoms with E-state index in [0.717, 1.165) is 16.8 Å². The van der Waals surface area contributed by atoms with E-state index in [9.17, 15) is 9.59 Å². The second kappa shape index (κ2) is 11.2. The third kappa shape index (κ3) is 7.04. The van der Waals surface area contributed by atoms with Crippen molar-refractivity contribution in [1.82, 2.24) is 0 Å². The van der Waals surface area contributed by atoms with Gasteiger partial charge < -0.3 is 14.6 Å². The molecule has 3 aromatic carbocycles. The van der Waals surface area contributed by atoms with Gasteiger partial charge in [-0.05, 0) is 41.5 Å². The van der Waals surface area contributed by atoms with Crippen molar-refractivity contribution >= 4 is 23.8 Å². The molecule has 1 amide bonds. The van der Waals surface area contributed by atoms with Crippen LogP contribution in [-0.2, 0) is 16.1 Å². The summed E-state index contributed by atoms with van der Waals surface area (Å²) >= 11 is 0. The SMILES string of the molecule is O=C(O)COc1cccc(/C=C/COC(=O)N(Cc2ccccc2)c2ccccc2)c1. The summed E-state index contributed by atoms with van der Waals surface area (Å²) in [6, 6.07) is 26.1. The van der Waals surface area contributed by atoms with Crippen LogP contribution in [-0.4, -0.2) is 30.4 Å². The lowest BCUT2D eigenvalue weighted by Gasteiger charge is -2.22. The highest BCUT2D eigenvalue weighted by Gasteiger charge is 2.17. The quantitative estimate of drug-likeness (QED) is 0.530. The van der Waals surface area contributed by atoms with E-state index in [-0.39, 0.29) is 6.61 Å². The lowest BCUT2D eigenvalue weighted by Crippen LogP contribution is -2.31. The molecular weight excluding hydrogens is 394 g/mol. The molecule has 0 atom stereocenters. The van der Waals surface area contributed by atoms with Crippen LogP contribution < -0.4 is 9.64 Å². The molecule has 6 nitrogen and oxygen atoms in total. The molecule has 0 aromatic heterocycles. The lowest BCUT2D eigenvalue weighted by atomic mass is 10.2. The van der Waals surface area contributed by atoms with E-state index in [2.05, 4.69) is 0 Å². The number of rotatable bonds is 9. The van der Waals surface area contributed by atoms with Gasteiger partial charge in [0.15, 0.2) is 6.61 Å². The molecule has 0 bridgehead atoms. The number of hydrogen-bond donors (Lipinski definition) is 1. The van der Waals surface area contributed by atoms with Crippen LogP contribution in [0.25, 0.3) is 6.08 Å². The van der Waals surface area contributed by atoms with Crippen molar-refractivity contribution in [3.63, 3.8) is 0 Å². The molecule has 6 heteroatoms. The Morgan fingerprint density at radius 1 is 0.903 bits per heavy atom. The Hall–Kier alpha value is -4.06. The largest absolute Gasteiger partial charge is 0.482 e. The van der Waals surface area contributed by atoms with Gasteiger partial charge in [-0.3, -0.25) is 4.90 Å². The fourth-order valence-corrected chi connectivity index (χ4v) is 2.87. The third-order valence-electron chi connectivity index (χ3n) is 4.31. The first-order valence-corrected chi connectivity index (χ1v) is 9.76. The van der Waals surface area contributed by atoms with Gasteiger partial charge >= 0.3 is 12.1 Å². The Balaban J connectivity index is 1.60. The van der Waals surface area contributed by atoms with Gasteiger partial charge in [-0.15, -0.1) is 0 Å². The number of aliphatic carboxylic acids is 1. The minimum absolute atomic E-state index is 0.0944. The molecular formula is C25H23NO5. The van der Waals surface area contributed by atoms with Crippen molar-refractivity contribution in [3.8, 4) is 5.75 Å². The summed E-state index contributed by atoms with van der Waals surface area (Å²) in [6.07, 6.45) is 3.06.